The van der Waals surface area contributed by atoms with Crippen LogP contribution in [0.5, 0.6) is 5.75 Å². The van der Waals surface area contributed by atoms with E-state index in [1.54, 1.807) is 37.6 Å². The number of methoxy groups -OCH3 is 1. The number of nitrogens with zero attached hydrogens (tertiary/aromatic N) is 2. The number of aliphatic hydroxyl groups excluding tert-OH is 1. The first-order valence-electron chi connectivity index (χ1n) is 9.11. The third-order valence-electron chi connectivity index (χ3n) is 4.35. The number of carbonyl (C=O) groups is 2. The fraction of sp³-hybridized carbons (Fsp3) is 0.190. The fourth-order valence-corrected chi connectivity index (χ4v) is 3.56. The Bertz CT molecular complexity index is 1020. The molecule has 8 nitrogen and oxygen atoms in total. The van der Waals surface area contributed by atoms with Crippen LogP contribution in [0.4, 0.5) is 5.69 Å². The van der Waals surface area contributed by atoms with E-state index in [9.17, 15) is 14.7 Å². The summed E-state index contributed by atoms with van der Waals surface area (Å²) in [6, 6.07) is 14.0. The molecule has 3 rings (SSSR count). The molecule has 0 unspecified atom stereocenters. The molecule has 0 radical (unpaired) electrons. The maximum atomic E-state index is 12.3. The summed E-state index contributed by atoms with van der Waals surface area (Å²) in [5.74, 6) is 0.173. The second kappa shape index (κ2) is 9.95. The van der Waals surface area contributed by atoms with E-state index in [4.69, 9.17) is 10.5 Å². The Kier molecular flexibility index (Phi) is 7.10. The minimum absolute atomic E-state index is 0.141. The Morgan fingerprint density at radius 1 is 1.17 bits per heavy atom. The monoisotopic (exact) mass is 426 g/mol. The molecule has 1 heterocycles. The Morgan fingerprint density at radius 2 is 1.87 bits per heavy atom. The highest BCUT2D eigenvalue weighted by molar-refractivity contribution is 7.99. The molecule has 0 bridgehead atoms. The van der Waals surface area contributed by atoms with Crippen LogP contribution in [0.15, 0.2) is 59.9 Å². The smallest absolute Gasteiger partial charge is 0.248 e. The number of primary amides is 1. The summed E-state index contributed by atoms with van der Waals surface area (Å²) in [4.78, 5) is 27.7. The van der Waals surface area contributed by atoms with Crippen LogP contribution in [0.1, 0.15) is 21.6 Å². The Balaban J connectivity index is 1.63. The number of hydrogen-bond donors (Lipinski definition) is 3. The van der Waals surface area contributed by atoms with Crippen LogP contribution < -0.4 is 15.8 Å². The van der Waals surface area contributed by atoms with Crippen molar-refractivity contribution in [3.05, 3.63) is 71.5 Å². The predicted molar refractivity (Wildman–Crippen MR) is 115 cm³/mol. The highest BCUT2D eigenvalue weighted by atomic mass is 32.2. The molecule has 156 valence electrons. The van der Waals surface area contributed by atoms with Crippen LogP contribution in [0.25, 0.3) is 0 Å². The van der Waals surface area contributed by atoms with Crippen LogP contribution in [0.3, 0.4) is 0 Å². The Hall–Kier alpha value is -3.30. The number of amides is 2. The summed E-state index contributed by atoms with van der Waals surface area (Å²) < 4.78 is 7.05. The van der Waals surface area contributed by atoms with Gasteiger partial charge in [-0.15, -0.1) is 0 Å². The normalized spacial score (nSPS) is 10.6. The molecule has 0 saturated carbocycles. The van der Waals surface area contributed by atoms with Gasteiger partial charge < -0.3 is 25.5 Å². The maximum absolute atomic E-state index is 12.3. The average molecular weight is 426 g/mol. The quantitative estimate of drug-likeness (QED) is 0.452. The number of imidazole rings is 1. The van der Waals surface area contributed by atoms with Crippen LogP contribution in [-0.4, -0.2) is 39.3 Å². The van der Waals surface area contributed by atoms with E-state index in [2.05, 4.69) is 10.3 Å². The van der Waals surface area contributed by atoms with E-state index < -0.39 is 5.91 Å². The molecule has 0 aliphatic carbocycles. The second-order valence-electron chi connectivity index (χ2n) is 6.40. The molecule has 0 atom stereocenters. The van der Waals surface area contributed by atoms with Crippen molar-refractivity contribution in [3.63, 3.8) is 0 Å². The zero-order valence-corrected chi connectivity index (χ0v) is 17.2. The first-order valence-corrected chi connectivity index (χ1v) is 10.1. The molecule has 1 aromatic heterocycles. The standard InChI is InChI=1S/C21H22N4O4S/c1-29-18-8-2-14(3-9-18)11-25-17(12-26)10-23-21(25)30-13-19(27)24-16-6-4-15(5-7-16)20(22)28/h2-10,26H,11-13H2,1H3,(H2,22,28)(H,24,27). The summed E-state index contributed by atoms with van der Waals surface area (Å²) in [7, 11) is 1.61. The topological polar surface area (TPSA) is 119 Å². The molecule has 30 heavy (non-hydrogen) atoms. The number of thioether (sulfide) groups is 1. The van der Waals surface area contributed by atoms with Crippen molar-refractivity contribution in [2.75, 3.05) is 18.2 Å². The number of benzene rings is 2. The molecular weight excluding hydrogens is 404 g/mol. The van der Waals surface area contributed by atoms with Crippen molar-refractivity contribution < 1.29 is 19.4 Å². The molecule has 9 heteroatoms. The van der Waals surface area contributed by atoms with Gasteiger partial charge in [0.05, 0.1) is 31.4 Å². The number of aliphatic hydroxyl groups is 1. The van der Waals surface area contributed by atoms with Gasteiger partial charge in [-0.25, -0.2) is 4.98 Å². The lowest BCUT2D eigenvalue weighted by Crippen LogP contribution is -2.15. The SMILES string of the molecule is COc1ccc(Cn2c(CO)cnc2SCC(=O)Nc2ccc(C(N)=O)cc2)cc1. The number of carbonyl (C=O) groups excluding carboxylic acids is 2. The van der Waals surface area contributed by atoms with Gasteiger partial charge in [0.2, 0.25) is 11.8 Å². The van der Waals surface area contributed by atoms with Crippen molar-refractivity contribution in [2.24, 2.45) is 5.73 Å². The summed E-state index contributed by atoms with van der Waals surface area (Å²) in [6.45, 7) is 0.362. The van der Waals surface area contributed by atoms with Crippen molar-refractivity contribution in [1.82, 2.24) is 9.55 Å². The number of nitrogens with two attached hydrogens (primary N) is 1. The lowest BCUT2D eigenvalue weighted by molar-refractivity contribution is -0.113. The van der Waals surface area contributed by atoms with Gasteiger partial charge in [0, 0.05) is 17.8 Å². The first-order chi connectivity index (χ1) is 14.5. The highest BCUT2D eigenvalue weighted by Gasteiger charge is 2.13. The van der Waals surface area contributed by atoms with Crippen LogP contribution in [0, 0.1) is 0 Å². The van der Waals surface area contributed by atoms with Crippen LogP contribution in [0.2, 0.25) is 0 Å². The molecule has 3 aromatic rings. The van der Waals surface area contributed by atoms with Gasteiger partial charge in [-0.1, -0.05) is 23.9 Å². The van der Waals surface area contributed by atoms with Crippen molar-refractivity contribution >= 4 is 29.3 Å². The van der Waals surface area contributed by atoms with Crippen molar-refractivity contribution in [3.8, 4) is 5.75 Å². The summed E-state index contributed by atoms with van der Waals surface area (Å²) in [5.41, 5.74) is 7.84. The van der Waals surface area contributed by atoms with Crippen molar-refractivity contribution in [1.29, 1.82) is 0 Å². The zero-order valence-electron chi connectivity index (χ0n) is 16.4. The van der Waals surface area contributed by atoms with Gasteiger partial charge >= 0.3 is 0 Å². The molecule has 0 fully saturated rings. The fourth-order valence-electron chi connectivity index (χ4n) is 2.76. The minimum Gasteiger partial charge on any atom is -0.497 e. The van der Waals surface area contributed by atoms with Gasteiger partial charge in [0.15, 0.2) is 5.16 Å². The van der Waals surface area contributed by atoms with E-state index >= 15 is 0 Å². The number of hydrogen-bond acceptors (Lipinski definition) is 6. The Labute approximate surface area is 178 Å². The van der Waals surface area contributed by atoms with E-state index in [0.717, 1.165) is 11.3 Å². The number of ether oxygens (including phenoxy) is 1. The number of anilines is 1. The largest absolute Gasteiger partial charge is 0.497 e. The molecular formula is C21H22N4O4S. The van der Waals surface area contributed by atoms with Crippen molar-refractivity contribution in [2.45, 2.75) is 18.3 Å². The first kappa shape index (κ1) is 21.4. The Morgan fingerprint density at radius 3 is 2.47 bits per heavy atom. The molecule has 0 aliphatic heterocycles. The molecule has 0 saturated heterocycles. The maximum Gasteiger partial charge on any atom is 0.248 e. The molecule has 2 aromatic carbocycles. The van der Waals surface area contributed by atoms with Gasteiger partial charge in [-0.05, 0) is 42.0 Å². The van der Waals surface area contributed by atoms with E-state index in [1.165, 1.54) is 11.8 Å². The van der Waals surface area contributed by atoms with Gasteiger partial charge in [-0.2, -0.15) is 0 Å². The number of aromatic nitrogens is 2. The third-order valence-corrected chi connectivity index (χ3v) is 5.34. The average Bonchev–Trinajstić information content (AvgIpc) is 3.14. The van der Waals surface area contributed by atoms with Gasteiger partial charge in [-0.3, -0.25) is 9.59 Å². The highest BCUT2D eigenvalue weighted by Crippen LogP contribution is 2.22. The third kappa shape index (κ3) is 5.40. The zero-order chi connectivity index (χ0) is 21.5. The van der Waals surface area contributed by atoms with Gasteiger partial charge in [0.25, 0.3) is 0 Å². The van der Waals surface area contributed by atoms with E-state index in [-0.39, 0.29) is 18.3 Å². The number of nitrogens with one attached hydrogen (secondary N) is 1. The molecule has 4 N–H and O–H groups in total. The number of rotatable bonds is 9. The van der Waals surface area contributed by atoms with Crippen LogP contribution in [-0.2, 0) is 17.9 Å². The molecule has 2 amide bonds. The van der Waals surface area contributed by atoms with E-state index in [0.29, 0.717) is 28.6 Å². The predicted octanol–water partition coefficient (Wildman–Crippen LogP) is 2.26. The summed E-state index contributed by atoms with van der Waals surface area (Å²) in [6.07, 6.45) is 1.60. The lowest BCUT2D eigenvalue weighted by Gasteiger charge is -2.11. The summed E-state index contributed by atoms with van der Waals surface area (Å²) >= 11 is 1.28. The molecule has 0 aliphatic rings. The minimum atomic E-state index is -0.521. The van der Waals surface area contributed by atoms with Gasteiger partial charge in [0.1, 0.15) is 5.75 Å². The second-order valence-corrected chi connectivity index (χ2v) is 7.35. The summed E-state index contributed by atoms with van der Waals surface area (Å²) in [5, 5.41) is 13.0. The van der Waals surface area contributed by atoms with Crippen LogP contribution >= 0.6 is 11.8 Å². The van der Waals surface area contributed by atoms with E-state index in [1.807, 2.05) is 28.8 Å². The molecule has 0 spiro atoms. The lowest BCUT2D eigenvalue weighted by atomic mass is 10.2.